The van der Waals surface area contributed by atoms with Crippen LogP contribution in [0.15, 0.2) is 53.3 Å². The highest BCUT2D eigenvalue weighted by atomic mass is 19.1. The molecule has 7 heteroatoms. The van der Waals surface area contributed by atoms with Gasteiger partial charge in [0.15, 0.2) is 0 Å². The van der Waals surface area contributed by atoms with Crippen LogP contribution in [-0.2, 0) is 17.6 Å². The summed E-state index contributed by atoms with van der Waals surface area (Å²) in [4.78, 5) is 29.9. The molecule has 0 unspecified atom stereocenters. The highest BCUT2D eigenvalue weighted by molar-refractivity contribution is 5.87. The molecule has 1 aliphatic carbocycles. The van der Waals surface area contributed by atoms with E-state index in [2.05, 4.69) is 15.2 Å². The van der Waals surface area contributed by atoms with Gasteiger partial charge in [-0.25, -0.2) is 4.39 Å². The smallest absolute Gasteiger partial charge is 0.248 e. The van der Waals surface area contributed by atoms with Gasteiger partial charge < -0.3 is 20.3 Å². The van der Waals surface area contributed by atoms with Gasteiger partial charge in [-0.1, -0.05) is 50.3 Å². The molecular weight excluding hydrogens is 493 g/mol. The van der Waals surface area contributed by atoms with Gasteiger partial charge in [-0.3, -0.25) is 9.59 Å². The number of fused-ring (bicyclic) bond motifs is 1. The van der Waals surface area contributed by atoms with Gasteiger partial charge in [-0.15, -0.1) is 0 Å². The first-order valence-corrected chi connectivity index (χ1v) is 14.6. The number of nitrogens with one attached hydrogen (secondary N) is 2. The van der Waals surface area contributed by atoms with Gasteiger partial charge in [0.25, 0.3) is 0 Å². The van der Waals surface area contributed by atoms with Crippen molar-refractivity contribution in [3.63, 3.8) is 0 Å². The van der Waals surface area contributed by atoms with Crippen LogP contribution in [0.2, 0.25) is 0 Å². The summed E-state index contributed by atoms with van der Waals surface area (Å²) in [6.07, 6.45) is 12.2. The molecule has 1 fully saturated rings. The molecule has 0 spiro atoms. The number of hydrogen-bond donors (Lipinski definition) is 3. The molecule has 0 radical (unpaired) electrons. The lowest BCUT2D eigenvalue weighted by Crippen LogP contribution is -2.42. The van der Waals surface area contributed by atoms with Crippen molar-refractivity contribution in [2.75, 3.05) is 19.6 Å². The molecular formula is C32H42FN3O3. The fraction of sp³-hybridized carbons (Fsp3) is 0.500. The van der Waals surface area contributed by atoms with Crippen molar-refractivity contribution in [3.8, 4) is 5.75 Å². The summed E-state index contributed by atoms with van der Waals surface area (Å²) < 4.78 is 13.1. The van der Waals surface area contributed by atoms with E-state index in [1.807, 2.05) is 6.07 Å². The molecule has 4 rings (SSSR count). The van der Waals surface area contributed by atoms with E-state index in [0.717, 1.165) is 74.5 Å². The third kappa shape index (κ3) is 8.65. The number of unbranched alkanes of at least 4 members (excludes halogenated alkanes) is 2. The average molecular weight is 536 g/mol. The molecule has 0 atom stereocenters. The van der Waals surface area contributed by atoms with Crippen LogP contribution in [0.25, 0.3) is 10.9 Å². The number of nitrogens with zero attached hydrogens (tertiary/aromatic N) is 1. The molecule has 1 heterocycles. The van der Waals surface area contributed by atoms with Gasteiger partial charge in [0.1, 0.15) is 11.6 Å². The van der Waals surface area contributed by atoms with Gasteiger partial charge >= 0.3 is 0 Å². The highest BCUT2D eigenvalue weighted by Gasteiger charge is 2.24. The fourth-order valence-corrected chi connectivity index (χ4v) is 5.72. The Bertz CT molecular complexity index is 1250. The molecule has 6 nitrogen and oxygen atoms in total. The zero-order chi connectivity index (χ0) is 27.5. The SMILES string of the molecule is O=C(CCNCCc1ccc(F)cc1)N(CCCCCc1ccc(O)c2[nH]c(=O)ccc12)C1CCCCCC1. The quantitative estimate of drug-likeness (QED) is 0.189. The normalized spacial score (nSPS) is 14.4. The minimum atomic E-state index is -0.221. The second kappa shape index (κ2) is 14.8. The van der Waals surface area contributed by atoms with Crippen molar-refractivity contribution < 1.29 is 14.3 Å². The topological polar surface area (TPSA) is 85.4 Å². The standard InChI is InChI=1S/C32H42FN3O3/c33-26-14-11-24(12-15-26)19-21-34-22-20-31(39)36(27-9-5-1-2-6-10-27)23-7-3-4-8-25-13-17-29(37)32-28(25)16-18-30(38)35-32/h11-18,27,34,37H,1-10,19-23H2,(H,35,38). The van der Waals surface area contributed by atoms with Crippen LogP contribution in [0.5, 0.6) is 5.75 Å². The second-order valence-corrected chi connectivity index (χ2v) is 10.8. The number of halogens is 1. The van der Waals surface area contributed by atoms with Gasteiger partial charge in [0.05, 0.1) is 5.52 Å². The molecule has 3 aromatic rings. The first-order chi connectivity index (χ1) is 19.0. The summed E-state index contributed by atoms with van der Waals surface area (Å²) in [5.74, 6) is 0.112. The van der Waals surface area contributed by atoms with Crippen molar-refractivity contribution in [1.29, 1.82) is 0 Å². The van der Waals surface area contributed by atoms with E-state index < -0.39 is 0 Å². The van der Waals surface area contributed by atoms with Crippen LogP contribution in [0.3, 0.4) is 0 Å². The van der Waals surface area contributed by atoms with Crippen molar-refractivity contribution >= 4 is 16.8 Å². The molecule has 0 aliphatic heterocycles. The van der Waals surface area contributed by atoms with Crippen LogP contribution in [-0.4, -0.2) is 46.6 Å². The van der Waals surface area contributed by atoms with Crippen molar-refractivity contribution in [3.05, 3.63) is 75.8 Å². The summed E-state index contributed by atoms with van der Waals surface area (Å²) in [7, 11) is 0. The Morgan fingerprint density at radius 3 is 2.46 bits per heavy atom. The maximum atomic E-state index is 13.3. The van der Waals surface area contributed by atoms with Crippen LogP contribution < -0.4 is 10.9 Å². The zero-order valence-electron chi connectivity index (χ0n) is 22.9. The van der Waals surface area contributed by atoms with Crippen LogP contribution in [0.1, 0.15) is 75.3 Å². The zero-order valence-corrected chi connectivity index (χ0v) is 22.9. The Morgan fingerprint density at radius 1 is 0.923 bits per heavy atom. The van der Waals surface area contributed by atoms with E-state index in [1.165, 1.54) is 43.9 Å². The predicted molar refractivity (Wildman–Crippen MR) is 155 cm³/mol. The summed E-state index contributed by atoms with van der Waals surface area (Å²) >= 11 is 0. The first kappa shape index (κ1) is 28.8. The third-order valence-corrected chi connectivity index (χ3v) is 7.91. The minimum Gasteiger partial charge on any atom is -0.506 e. The van der Waals surface area contributed by atoms with Gasteiger partial charge in [-0.05, 0) is 80.5 Å². The lowest BCUT2D eigenvalue weighted by molar-refractivity contribution is -0.133. The molecule has 1 saturated carbocycles. The number of aromatic hydroxyl groups is 1. The number of hydrogen-bond acceptors (Lipinski definition) is 4. The Morgan fingerprint density at radius 2 is 1.69 bits per heavy atom. The lowest BCUT2D eigenvalue weighted by atomic mass is 10.0. The molecule has 1 aromatic heterocycles. The Hall–Kier alpha value is -3.19. The summed E-state index contributed by atoms with van der Waals surface area (Å²) in [6.45, 7) is 2.21. The summed E-state index contributed by atoms with van der Waals surface area (Å²) in [5.41, 5.74) is 2.48. The molecule has 39 heavy (non-hydrogen) atoms. The van der Waals surface area contributed by atoms with Crippen LogP contribution in [0, 0.1) is 5.82 Å². The van der Waals surface area contributed by atoms with Crippen LogP contribution in [0.4, 0.5) is 4.39 Å². The molecule has 3 N–H and O–H groups in total. The van der Waals surface area contributed by atoms with Crippen LogP contribution >= 0.6 is 0 Å². The predicted octanol–water partition coefficient (Wildman–Crippen LogP) is 5.86. The van der Waals surface area contributed by atoms with Crippen molar-refractivity contribution in [2.45, 2.75) is 83.1 Å². The fourth-order valence-electron chi connectivity index (χ4n) is 5.72. The monoisotopic (exact) mass is 535 g/mol. The third-order valence-electron chi connectivity index (χ3n) is 7.91. The maximum Gasteiger partial charge on any atom is 0.248 e. The molecule has 1 aliphatic rings. The Kier molecular flexibility index (Phi) is 11.0. The van der Waals surface area contributed by atoms with E-state index in [9.17, 15) is 19.1 Å². The van der Waals surface area contributed by atoms with Gasteiger partial charge in [-0.2, -0.15) is 0 Å². The molecule has 1 amide bonds. The number of carbonyl (C=O) groups excluding carboxylic acids is 1. The van der Waals surface area contributed by atoms with E-state index in [-0.39, 0.29) is 23.0 Å². The van der Waals surface area contributed by atoms with E-state index in [0.29, 0.717) is 24.5 Å². The number of benzene rings is 2. The number of carbonyl (C=O) groups is 1. The second-order valence-electron chi connectivity index (χ2n) is 10.8. The van der Waals surface area contributed by atoms with E-state index in [1.54, 1.807) is 24.3 Å². The largest absolute Gasteiger partial charge is 0.506 e. The lowest BCUT2D eigenvalue weighted by Gasteiger charge is -2.31. The average Bonchev–Trinajstić information content (AvgIpc) is 3.22. The molecule has 2 aromatic carbocycles. The highest BCUT2D eigenvalue weighted by Crippen LogP contribution is 2.26. The maximum absolute atomic E-state index is 13.3. The van der Waals surface area contributed by atoms with Crippen molar-refractivity contribution in [1.82, 2.24) is 15.2 Å². The number of amides is 1. The Balaban J connectivity index is 1.24. The van der Waals surface area contributed by atoms with E-state index >= 15 is 0 Å². The number of aromatic amines is 1. The number of rotatable bonds is 13. The number of phenols is 1. The number of aryl methyl sites for hydroxylation is 1. The Labute approximate surface area is 230 Å². The molecule has 0 saturated heterocycles. The van der Waals surface area contributed by atoms with E-state index in [4.69, 9.17) is 0 Å². The first-order valence-electron chi connectivity index (χ1n) is 14.6. The number of pyridine rings is 1. The number of phenolic OH excluding ortho intramolecular Hbond substituents is 1. The number of H-pyrrole nitrogens is 1. The minimum absolute atomic E-state index is 0.0916. The van der Waals surface area contributed by atoms with Crippen molar-refractivity contribution in [2.24, 2.45) is 0 Å². The number of aromatic nitrogens is 1. The summed E-state index contributed by atoms with van der Waals surface area (Å²) in [5, 5.41) is 14.4. The molecule has 0 bridgehead atoms. The molecule has 210 valence electrons. The van der Waals surface area contributed by atoms with Gasteiger partial charge in [0.2, 0.25) is 11.5 Å². The van der Waals surface area contributed by atoms with Gasteiger partial charge in [0, 0.05) is 37.0 Å². The summed E-state index contributed by atoms with van der Waals surface area (Å²) in [6, 6.07) is 13.8.